The summed E-state index contributed by atoms with van der Waals surface area (Å²) in [5.41, 5.74) is 0.820. The lowest BCUT2D eigenvalue weighted by Crippen LogP contribution is -2.54. The molecule has 6 aliphatic rings. The molecule has 0 aromatic heterocycles. The Kier molecular flexibility index (Phi) is 4.42. The number of fused-ring (bicyclic) bond motifs is 7. The molecule has 0 amide bonds. The number of carbonyl (C=O) groups is 1. The van der Waals surface area contributed by atoms with Gasteiger partial charge in [-0.25, -0.2) is 0 Å². The number of ketones is 1. The molecule has 4 unspecified atom stereocenters. The Labute approximate surface area is 183 Å². The van der Waals surface area contributed by atoms with E-state index in [1.165, 1.54) is 38.5 Å². The summed E-state index contributed by atoms with van der Waals surface area (Å²) in [6, 6.07) is 0. The first-order chi connectivity index (χ1) is 14.3. The van der Waals surface area contributed by atoms with Gasteiger partial charge in [-0.15, -0.1) is 0 Å². The molecule has 0 N–H and O–H groups in total. The van der Waals surface area contributed by atoms with Crippen LogP contribution in [0.4, 0.5) is 0 Å². The van der Waals surface area contributed by atoms with Gasteiger partial charge in [-0.1, -0.05) is 27.7 Å². The minimum Gasteiger partial charge on any atom is -0.349 e. The maximum absolute atomic E-state index is 12.2. The predicted molar refractivity (Wildman–Crippen MR) is 117 cm³/mol. The first-order valence-electron chi connectivity index (χ1n) is 13.1. The van der Waals surface area contributed by atoms with Crippen LogP contribution in [-0.4, -0.2) is 24.3 Å². The second-order valence-corrected chi connectivity index (χ2v) is 12.9. The Morgan fingerprint density at radius 3 is 2.53 bits per heavy atom. The molecule has 1 spiro atoms. The van der Waals surface area contributed by atoms with Gasteiger partial charge in [-0.2, -0.15) is 0 Å². The van der Waals surface area contributed by atoms with Gasteiger partial charge in [0.25, 0.3) is 0 Å². The summed E-state index contributed by atoms with van der Waals surface area (Å²) in [7, 11) is 0. The molecule has 6 fully saturated rings. The Hall–Kier alpha value is -0.410. The maximum Gasteiger partial charge on any atom is 0.171 e. The van der Waals surface area contributed by atoms with E-state index in [4.69, 9.17) is 9.47 Å². The van der Waals surface area contributed by atoms with Crippen LogP contribution in [-0.2, 0) is 14.3 Å². The largest absolute Gasteiger partial charge is 0.349 e. The lowest BCUT2D eigenvalue weighted by molar-refractivity contribution is -0.273. The number of rotatable bonds is 0. The molecule has 2 saturated heterocycles. The summed E-state index contributed by atoms with van der Waals surface area (Å²) in [4.78, 5) is 12.2. The van der Waals surface area contributed by atoms with Crippen LogP contribution in [0.3, 0.4) is 0 Å². The fourth-order valence-corrected chi connectivity index (χ4v) is 10.1. The summed E-state index contributed by atoms with van der Waals surface area (Å²) < 4.78 is 13.4. The zero-order chi connectivity index (χ0) is 20.9. The highest BCUT2D eigenvalue weighted by Gasteiger charge is 2.69. The molecular weight excluding hydrogens is 372 g/mol. The Bertz CT molecular complexity index is 724. The molecule has 0 aromatic carbocycles. The third-order valence-electron chi connectivity index (χ3n) is 11.7. The van der Waals surface area contributed by atoms with E-state index in [0.29, 0.717) is 46.4 Å². The molecule has 2 heterocycles. The highest BCUT2D eigenvalue weighted by Crippen LogP contribution is 2.71. The predicted octanol–water partition coefficient (Wildman–Crippen LogP) is 6.00. The third kappa shape index (κ3) is 2.54. The van der Waals surface area contributed by atoms with Crippen molar-refractivity contribution < 1.29 is 14.3 Å². The van der Waals surface area contributed by atoms with Gasteiger partial charge in [-0.3, -0.25) is 4.79 Å². The van der Waals surface area contributed by atoms with Crippen LogP contribution in [0.1, 0.15) is 91.9 Å². The van der Waals surface area contributed by atoms with Crippen molar-refractivity contribution in [3.05, 3.63) is 0 Å². The summed E-state index contributed by atoms with van der Waals surface area (Å²) >= 11 is 0. The molecule has 0 aromatic rings. The summed E-state index contributed by atoms with van der Waals surface area (Å²) in [6.45, 7) is 10.8. The summed E-state index contributed by atoms with van der Waals surface area (Å²) in [6.07, 6.45) is 12.2. The minimum absolute atomic E-state index is 0.292. The van der Waals surface area contributed by atoms with Gasteiger partial charge >= 0.3 is 0 Å². The topological polar surface area (TPSA) is 35.5 Å². The van der Waals surface area contributed by atoms with Crippen LogP contribution in [0, 0.1) is 52.3 Å². The van der Waals surface area contributed by atoms with E-state index >= 15 is 0 Å². The Morgan fingerprint density at radius 1 is 0.933 bits per heavy atom. The highest BCUT2D eigenvalue weighted by atomic mass is 16.7. The Balaban J connectivity index is 1.26. The second-order valence-electron chi connectivity index (χ2n) is 12.9. The number of ether oxygens (including phenoxy) is 2. The van der Waals surface area contributed by atoms with Crippen molar-refractivity contribution >= 4 is 5.78 Å². The van der Waals surface area contributed by atoms with Crippen molar-refractivity contribution in [2.45, 2.75) is 104 Å². The average Bonchev–Trinajstić information content (AvgIpc) is 3.16. The smallest absolute Gasteiger partial charge is 0.171 e. The molecule has 6 rings (SSSR count). The molecule has 11 atom stereocenters. The molecule has 3 heteroatoms. The van der Waals surface area contributed by atoms with Crippen LogP contribution in [0.2, 0.25) is 0 Å². The molecule has 4 saturated carbocycles. The van der Waals surface area contributed by atoms with Crippen LogP contribution in [0.5, 0.6) is 0 Å². The van der Waals surface area contributed by atoms with Gasteiger partial charge in [0.1, 0.15) is 5.78 Å². The van der Waals surface area contributed by atoms with Gasteiger partial charge in [-0.05, 0) is 91.3 Å². The van der Waals surface area contributed by atoms with Crippen molar-refractivity contribution in [2.24, 2.45) is 52.3 Å². The van der Waals surface area contributed by atoms with Crippen molar-refractivity contribution in [2.75, 3.05) is 6.61 Å². The van der Waals surface area contributed by atoms with E-state index in [1.807, 2.05) is 0 Å². The van der Waals surface area contributed by atoms with E-state index in [9.17, 15) is 4.79 Å². The maximum atomic E-state index is 12.2. The number of hydrogen-bond donors (Lipinski definition) is 0. The minimum atomic E-state index is -0.292. The number of Topliss-reactive ketones (excluding diaryl/α,β-unsaturated/α-hetero) is 1. The summed E-state index contributed by atoms with van der Waals surface area (Å²) in [5.74, 6) is 5.23. The van der Waals surface area contributed by atoms with Crippen LogP contribution in [0.15, 0.2) is 0 Å². The fourth-order valence-electron chi connectivity index (χ4n) is 10.1. The molecule has 3 nitrogen and oxygen atoms in total. The lowest BCUT2D eigenvalue weighted by atomic mass is 9.44. The van der Waals surface area contributed by atoms with Crippen molar-refractivity contribution in [3.8, 4) is 0 Å². The van der Waals surface area contributed by atoms with Gasteiger partial charge in [0.2, 0.25) is 0 Å². The fraction of sp³-hybridized carbons (Fsp3) is 0.963. The lowest BCUT2D eigenvalue weighted by Gasteiger charge is -2.60. The standard InChI is InChI=1S/C27H42O3/c1-16-7-12-27(29-15-16)17(2)24-23(30-27)14-22-20-6-5-18-13-19(28)8-10-25(18,3)21(20)9-11-26(22,24)4/h16-18,20-24H,5-15H2,1-4H3/t16?,17-,18+,20?,21?,22?,23-,24-,25-,26-,27+/m0/s1. The van der Waals surface area contributed by atoms with E-state index < -0.39 is 0 Å². The van der Waals surface area contributed by atoms with Crippen LogP contribution >= 0.6 is 0 Å². The van der Waals surface area contributed by atoms with Gasteiger partial charge in [0.15, 0.2) is 5.79 Å². The quantitative estimate of drug-likeness (QED) is 0.487. The normalized spacial score (nSPS) is 60.1. The van der Waals surface area contributed by atoms with Gasteiger partial charge < -0.3 is 9.47 Å². The van der Waals surface area contributed by atoms with E-state index in [-0.39, 0.29) is 5.79 Å². The molecule has 4 aliphatic carbocycles. The van der Waals surface area contributed by atoms with Crippen LogP contribution < -0.4 is 0 Å². The number of carbonyl (C=O) groups excluding carboxylic acids is 1. The van der Waals surface area contributed by atoms with Gasteiger partial charge in [0, 0.05) is 25.2 Å². The van der Waals surface area contributed by atoms with Crippen LogP contribution in [0.25, 0.3) is 0 Å². The zero-order valence-corrected chi connectivity index (χ0v) is 19.6. The SMILES string of the molecule is CC1CC[C@@]2(OC1)O[C@H]1CC3C4CC[C@@H]5CC(=O)CC[C@]5(C)C4CC[C@]3(C)[C@H]1[C@@H]2C. The van der Waals surface area contributed by atoms with Gasteiger partial charge in [0.05, 0.1) is 12.7 Å². The molecule has 0 bridgehead atoms. The molecule has 2 aliphatic heterocycles. The first kappa shape index (κ1) is 20.2. The van der Waals surface area contributed by atoms with Crippen molar-refractivity contribution in [1.29, 1.82) is 0 Å². The second kappa shape index (κ2) is 6.56. The van der Waals surface area contributed by atoms with E-state index in [2.05, 4.69) is 27.7 Å². The summed E-state index contributed by atoms with van der Waals surface area (Å²) in [5, 5.41) is 0. The molecular formula is C27H42O3. The first-order valence-corrected chi connectivity index (χ1v) is 13.1. The Morgan fingerprint density at radius 2 is 1.77 bits per heavy atom. The molecule has 168 valence electrons. The molecule has 0 radical (unpaired) electrons. The highest BCUT2D eigenvalue weighted by molar-refractivity contribution is 5.79. The average molecular weight is 415 g/mol. The zero-order valence-electron chi connectivity index (χ0n) is 19.6. The van der Waals surface area contributed by atoms with Crippen molar-refractivity contribution in [3.63, 3.8) is 0 Å². The van der Waals surface area contributed by atoms with E-state index in [1.54, 1.807) is 0 Å². The molecule has 30 heavy (non-hydrogen) atoms. The third-order valence-corrected chi connectivity index (χ3v) is 11.7. The monoisotopic (exact) mass is 414 g/mol. The van der Waals surface area contributed by atoms with Crippen molar-refractivity contribution in [1.82, 2.24) is 0 Å². The number of hydrogen-bond acceptors (Lipinski definition) is 3. The van der Waals surface area contributed by atoms with E-state index in [0.717, 1.165) is 50.0 Å².